The lowest BCUT2D eigenvalue weighted by Gasteiger charge is -2.20. The maximum atomic E-state index is 13.2. The zero-order valence-electron chi connectivity index (χ0n) is 16.6. The topological polar surface area (TPSA) is 89.4 Å². The third kappa shape index (κ3) is 4.06. The second-order valence-corrected chi connectivity index (χ2v) is 9.84. The van der Waals surface area contributed by atoms with Crippen LogP contribution in [0.5, 0.6) is 0 Å². The predicted octanol–water partition coefficient (Wildman–Crippen LogP) is 4.39. The average Bonchev–Trinajstić information content (AvgIpc) is 3.59. The summed E-state index contributed by atoms with van der Waals surface area (Å²) in [4.78, 5) is 15.3. The fourth-order valence-corrected chi connectivity index (χ4v) is 5.64. The van der Waals surface area contributed by atoms with E-state index in [1.807, 2.05) is 35.0 Å². The van der Waals surface area contributed by atoms with Crippen LogP contribution in [0.4, 0.5) is 4.39 Å². The zero-order valence-corrected chi connectivity index (χ0v) is 19.0. The average molecular weight is 485 g/mol. The molecule has 1 aromatic carbocycles. The number of hydrogen-bond acceptors (Lipinski definition) is 8. The Labute approximate surface area is 195 Å². The molecule has 1 atom stereocenters. The van der Waals surface area contributed by atoms with Gasteiger partial charge in [0.1, 0.15) is 5.82 Å². The number of carbonyl (C=O) groups is 1. The van der Waals surface area contributed by atoms with Crippen LogP contribution in [0.2, 0.25) is 0 Å². The van der Waals surface area contributed by atoms with E-state index in [1.165, 1.54) is 28.6 Å². The molecule has 1 aliphatic rings. The lowest BCUT2D eigenvalue weighted by Crippen LogP contribution is -2.28. The summed E-state index contributed by atoms with van der Waals surface area (Å²) >= 11 is 4.42. The Morgan fingerprint density at radius 2 is 1.91 bits per heavy atom. The molecule has 11 heteroatoms. The highest BCUT2D eigenvalue weighted by molar-refractivity contribution is 7.99. The highest BCUT2D eigenvalue weighted by Crippen LogP contribution is 2.36. The summed E-state index contributed by atoms with van der Waals surface area (Å²) < 4.78 is 14.5. The van der Waals surface area contributed by atoms with E-state index in [4.69, 9.17) is 5.84 Å². The van der Waals surface area contributed by atoms with Gasteiger partial charge in [0, 0.05) is 16.9 Å². The molecular weight excluding hydrogens is 467 g/mol. The minimum atomic E-state index is -0.342. The molecule has 32 heavy (non-hydrogen) atoms. The molecule has 1 unspecified atom stereocenters. The van der Waals surface area contributed by atoms with Gasteiger partial charge in [0.2, 0.25) is 5.16 Å². The number of benzene rings is 1. The van der Waals surface area contributed by atoms with Crippen LogP contribution in [-0.2, 0) is 4.79 Å². The Kier molecular flexibility index (Phi) is 5.77. The van der Waals surface area contributed by atoms with Crippen LogP contribution in [0.25, 0.3) is 11.4 Å². The van der Waals surface area contributed by atoms with Gasteiger partial charge in [0.15, 0.2) is 5.82 Å². The number of hydrazone groups is 1. The molecule has 3 aromatic heterocycles. The molecule has 0 spiro atoms. The summed E-state index contributed by atoms with van der Waals surface area (Å²) in [5.74, 6) is 6.17. The molecule has 7 nitrogen and oxygen atoms in total. The number of hydrogen-bond donors (Lipinski definition) is 1. The van der Waals surface area contributed by atoms with Crippen molar-refractivity contribution in [1.82, 2.24) is 19.9 Å². The van der Waals surface area contributed by atoms with Crippen molar-refractivity contribution < 1.29 is 9.18 Å². The monoisotopic (exact) mass is 484 g/mol. The second kappa shape index (κ2) is 8.85. The number of amides is 1. The van der Waals surface area contributed by atoms with Gasteiger partial charge in [0.25, 0.3) is 5.91 Å². The smallest absolute Gasteiger partial charge is 0.253 e. The van der Waals surface area contributed by atoms with Gasteiger partial charge < -0.3 is 5.84 Å². The van der Waals surface area contributed by atoms with Gasteiger partial charge in [0.05, 0.1) is 22.4 Å². The number of halogens is 1. The lowest BCUT2D eigenvalue weighted by molar-refractivity contribution is -0.130. The van der Waals surface area contributed by atoms with Crippen molar-refractivity contribution >= 4 is 46.1 Å². The van der Waals surface area contributed by atoms with E-state index in [-0.39, 0.29) is 23.5 Å². The van der Waals surface area contributed by atoms with E-state index >= 15 is 0 Å². The van der Waals surface area contributed by atoms with Crippen LogP contribution < -0.4 is 5.84 Å². The van der Waals surface area contributed by atoms with Gasteiger partial charge in [-0.15, -0.1) is 32.9 Å². The molecule has 0 aliphatic carbocycles. The van der Waals surface area contributed by atoms with Gasteiger partial charge in [-0.2, -0.15) is 5.10 Å². The highest BCUT2D eigenvalue weighted by atomic mass is 32.2. The van der Waals surface area contributed by atoms with Crippen LogP contribution in [-0.4, -0.2) is 37.3 Å². The van der Waals surface area contributed by atoms with E-state index < -0.39 is 0 Å². The summed E-state index contributed by atoms with van der Waals surface area (Å²) in [6.07, 6.45) is 0.680. The molecule has 0 radical (unpaired) electrons. The molecule has 0 saturated carbocycles. The fourth-order valence-electron chi connectivity index (χ4n) is 3.40. The maximum absolute atomic E-state index is 13.2. The van der Waals surface area contributed by atoms with Crippen molar-refractivity contribution in [3.05, 3.63) is 74.9 Å². The number of thiophene rings is 2. The summed E-state index contributed by atoms with van der Waals surface area (Å²) in [5, 5.41) is 18.8. The molecule has 1 amide bonds. The van der Waals surface area contributed by atoms with Crippen molar-refractivity contribution in [1.29, 1.82) is 0 Å². The van der Waals surface area contributed by atoms with Crippen molar-refractivity contribution in [2.45, 2.75) is 17.6 Å². The summed E-state index contributed by atoms with van der Waals surface area (Å²) in [6, 6.07) is 13.7. The number of rotatable bonds is 6. The lowest BCUT2D eigenvalue weighted by atomic mass is 10.1. The third-order valence-electron chi connectivity index (χ3n) is 4.93. The van der Waals surface area contributed by atoms with Crippen molar-refractivity contribution in [2.24, 2.45) is 5.10 Å². The van der Waals surface area contributed by atoms with Crippen molar-refractivity contribution in [2.75, 3.05) is 11.6 Å². The van der Waals surface area contributed by atoms with Crippen molar-refractivity contribution in [3.8, 4) is 11.4 Å². The van der Waals surface area contributed by atoms with E-state index in [1.54, 1.807) is 39.8 Å². The minimum Gasteiger partial charge on any atom is -0.335 e. The van der Waals surface area contributed by atoms with Gasteiger partial charge >= 0.3 is 0 Å². The zero-order chi connectivity index (χ0) is 22.1. The number of nitrogen functional groups attached to an aromatic ring is 1. The molecule has 4 aromatic rings. The van der Waals surface area contributed by atoms with E-state index in [2.05, 4.69) is 15.3 Å². The van der Waals surface area contributed by atoms with Crippen LogP contribution in [0, 0.1) is 5.82 Å². The largest absolute Gasteiger partial charge is 0.335 e. The molecule has 0 fully saturated rings. The molecule has 5 rings (SSSR count). The van der Waals surface area contributed by atoms with Crippen LogP contribution in [0.15, 0.2) is 69.5 Å². The molecule has 2 N–H and O–H groups in total. The van der Waals surface area contributed by atoms with Crippen LogP contribution in [0.1, 0.15) is 22.2 Å². The number of thioether (sulfide) groups is 1. The fraction of sp³-hybridized carbons (Fsp3) is 0.143. The third-order valence-corrected chi connectivity index (χ3v) is 7.76. The van der Waals surface area contributed by atoms with Crippen LogP contribution >= 0.6 is 34.4 Å². The van der Waals surface area contributed by atoms with Gasteiger partial charge in [-0.3, -0.25) is 4.79 Å². The Balaban J connectivity index is 1.33. The first-order valence-corrected chi connectivity index (χ1v) is 12.4. The van der Waals surface area contributed by atoms with Gasteiger partial charge in [-0.1, -0.05) is 23.9 Å². The molecular formula is C21H17FN6OS3. The maximum Gasteiger partial charge on any atom is 0.253 e. The highest BCUT2D eigenvalue weighted by Gasteiger charge is 2.34. The molecule has 4 heterocycles. The normalized spacial score (nSPS) is 15.8. The Morgan fingerprint density at radius 1 is 1.12 bits per heavy atom. The van der Waals surface area contributed by atoms with E-state index in [0.29, 0.717) is 23.0 Å². The van der Waals surface area contributed by atoms with Gasteiger partial charge in [-0.25, -0.2) is 14.1 Å². The van der Waals surface area contributed by atoms with Gasteiger partial charge in [-0.05, 0) is 47.2 Å². The Bertz CT molecular complexity index is 1250. The summed E-state index contributed by atoms with van der Waals surface area (Å²) in [5.41, 5.74) is 1.56. The first-order valence-electron chi connectivity index (χ1n) is 9.66. The quantitative estimate of drug-likeness (QED) is 0.324. The second-order valence-electron chi connectivity index (χ2n) is 6.97. The number of aromatic nitrogens is 3. The summed E-state index contributed by atoms with van der Waals surface area (Å²) in [7, 11) is 0. The molecule has 162 valence electrons. The first kappa shape index (κ1) is 20.9. The molecule has 0 saturated heterocycles. The standard InChI is InChI=1S/C21H17FN6OS3/c22-14-7-5-13(6-8-14)20-24-25-21(27(20)23)32-12-19(29)28-16(18-4-2-10-31-18)11-15(26-28)17-3-1-9-30-17/h1-10,16H,11-12,23H2. The number of carbonyl (C=O) groups excluding carboxylic acids is 1. The molecule has 0 bridgehead atoms. The SMILES string of the molecule is Nn1c(SCC(=O)N2N=C(c3cccs3)CC2c2cccs2)nnc1-c1ccc(F)cc1. The molecule has 1 aliphatic heterocycles. The first-order chi connectivity index (χ1) is 15.6. The van der Waals surface area contributed by atoms with E-state index in [9.17, 15) is 9.18 Å². The van der Waals surface area contributed by atoms with Crippen molar-refractivity contribution in [3.63, 3.8) is 0 Å². The number of nitrogens with zero attached hydrogens (tertiary/aromatic N) is 5. The number of nitrogens with two attached hydrogens (primary N) is 1. The van der Waals surface area contributed by atoms with Crippen LogP contribution in [0.3, 0.4) is 0 Å². The Morgan fingerprint density at radius 3 is 2.62 bits per heavy atom. The Hall–Kier alpha value is -3.02. The summed E-state index contributed by atoms with van der Waals surface area (Å²) in [6.45, 7) is 0. The van der Waals surface area contributed by atoms with E-state index in [0.717, 1.165) is 15.5 Å². The predicted molar refractivity (Wildman–Crippen MR) is 126 cm³/mol. The minimum absolute atomic E-state index is 0.113.